The number of ether oxygens (including phenoxy) is 8. The van der Waals surface area contributed by atoms with E-state index in [0.717, 1.165) is 72.4 Å². The second-order valence-corrected chi connectivity index (χ2v) is 37.8. The summed E-state index contributed by atoms with van der Waals surface area (Å²) in [5.74, 6) is -8.57. The molecule has 43 heteroatoms. The van der Waals surface area contributed by atoms with Crippen LogP contribution >= 0.6 is 45.2 Å². The normalized spacial score (nSPS) is 20.5. The first-order valence-corrected chi connectivity index (χ1v) is 48.9. The first-order chi connectivity index (χ1) is 70.2. The number of amides is 5. The maximum atomic E-state index is 14.3. The summed E-state index contributed by atoms with van der Waals surface area (Å²) in [5.41, 5.74) is 12.4. The van der Waals surface area contributed by atoms with Crippen LogP contribution in [0.1, 0.15) is 213 Å². The van der Waals surface area contributed by atoms with Crippen LogP contribution in [0.5, 0.6) is 23.0 Å². The number of methoxy groups -OCH3 is 5. The first-order valence-electron chi connectivity index (χ1n) is 46.7. The van der Waals surface area contributed by atoms with Gasteiger partial charge in [-0.3, -0.25) is 57.9 Å². The van der Waals surface area contributed by atoms with Crippen LogP contribution < -0.4 is 58.0 Å². The summed E-state index contributed by atoms with van der Waals surface area (Å²) in [7, 11) is 13.2. The van der Waals surface area contributed by atoms with E-state index >= 15 is 0 Å². The molecule has 14 heterocycles. The number of rotatable bonds is 24. The number of esters is 1. The van der Waals surface area contributed by atoms with Crippen LogP contribution in [0.25, 0.3) is 0 Å². The predicted molar refractivity (Wildman–Crippen MR) is 533 cm³/mol. The summed E-state index contributed by atoms with van der Waals surface area (Å²) in [6.45, 7) is 11.1. The van der Waals surface area contributed by atoms with E-state index in [4.69, 9.17) is 54.0 Å². The van der Waals surface area contributed by atoms with Gasteiger partial charge in [0.15, 0.2) is 45.8 Å². The van der Waals surface area contributed by atoms with Crippen molar-refractivity contribution in [2.24, 2.45) is 11.5 Å². The Morgan fingerprint density at radius 2 is 0.801 bits per heavy atom. The van der Waals surface area contributed by atoms with E-state index in [0.29, 0.717) is 87.8 Å². The number of hydrogen-bond donors (Lipinski definition) is 5. The molecule has 5 amide bonds. The third kappa shape index (κ3) is 21.4. The summed E-state index contributed by atoms with van der Waals surface area (Å²) < 4.78 is 140. The van der Waals surface area contributed by atoms with Crippen molar-refractivity contribution in [2.75, 3.05) is 103 Å². The molecule has 3 fully saturated rings. The Kier molecular flexibility index (Phi) is 35.7. The molecule has 772 valence electrons. The van der Waals surface area contributed by atoms with Crippen LogP contribution in [0.15, 0.2) is 165 Å². The Balaban J connectivity index is 0.000000147. The van der Waals surface area contributed by atoms with Crippen molar-refractivity contribution in [1.29, 1.82) is 0 Å². The monoisotopic (exact) mass is 2240 g/mol. The summed E-state index contributed by atoms with van der Waals surface area (Å²) >= 11 is 3.98. The molecule has 146 heavy (non-hydrogen) atoms. The van der Waals surface area contributed by atoms with Crippen LogP contribution in [0, 0.1) is 48.7 Å². The number of aldehydes is 1. The van der Waals surface area contributed by atoms with Crippen molar-refractivity contribution in [3.63, 3.8) is 0 Å². The van der Waals surface area contributed by atoms with Gasteiger partial charge < -0.3 is 103 Å². The van der Waals surface area contributed by atoms with Crippen molar-refractivity contribution in [1.82, 2.24) is 58.3 Å². The zero-order valence-corrected chi connectivity index (χ0v) is 85.3. The Bertz CT molecular complexity index is 6890. The van der Waals surface area contributed by atoms with Crippen LogP contribution in [-0.4, -0.2) is 216 Å². The molecule has 3 saturated heterocycles. The van der Waals surface area contributed by atoms with Crippen molar-refractivity contribution in [3.8, 4) is 23.0 Å². The molecular weight excluding hydrogens is 2140 g/mol. The summed E-state index contributed by atoms with van der Waals surface area (Å²) in [4.78, 5) is 156. The van der Waals surface area contributed by atoms with Gasteiger partial charge in [-0.1, -0.05) is 123 Å². The molecule has 0 spiro atoms. The zero-order chi connectivity index (χ0) is 105. The van der Waals surface area contributed by atoms with E-state index in [1.807, 2.05) is 149 Å². The number of fused-ring (bicyclic) bond motifs is 7. The zero-order valence-electron chi connectivity index (χ0n) is 81.0. The number of nitrogens with one attached hydrogen (secondary N) is 2. The van der Waals surface area contributed by atoms with Crippen LogP contribution in [0.4, 0.5) is 26.3 Å². The average Bonchev–Trinajstić information content (AvgIpc) is 1.62. The van der Waals surface area contributed by atoms with Gasteiger partial charge in [0.1, 0.15) is 115 Å². The van der Waals surface area contributed by atoms with Gasteiger partial charge >= 0.3 is 17.3 Å². The van der Waals surface area contributed by atoms with Crippen LogP contribution in [0.2, 0.25) is 0 Å². The fourth-order valence-electron chi connectivity index (χ4n) is 20.3. The van der Waals surface area contributed by atoms with Gasteiger partial charge in [-0.25, -0.2) is 31.1 Å². The minimum absolute atomic E-state index is 0.0132. The summed E-state index contributed by atoms with van der Waals surface area (Å²) in [6, 6.07) is 36.3. The number of halogens is 8. The molecule has 0 bridgehead atoms. The Labute approximate surface area is 861 Å². The van der Waals surface area contributed by atoms with E-state index in [9.17, 15) is 84.2 Å². The Morgan fingerprint density at radius 3 is 1.16 bits per heavy atom. The number of aromatic hydroxyl groups is 1. The molecule has 10 aliphatic heterocycles. The number of pyridine rings is 4. The number of nitrogens with zero attached hydrogens (tertiary/aromatic N) is 10. The van der Waals surface area contributed by atoms with E-state index in [1.54, 1.807) is 26.0 Å². The number of benzene rings is 6. The van der Waals surface area contributed by atoms with Gasteiger partial charge in [-0.2, -0.15) is 0 Å². The van der Waals surface area contributed by atoms with E-state index in [-0.39, 0.29) is 162 Å². The third-order valence-corrected chi connectivity index (χ3v) is 29.3. The van der Waals surface area contributed by atoms with Gasteiger partial charge in [0.05, 0.1) is 61.2 Å². The number of nitrogens with two attached hydrogens (primary N) is 2. The average molecular weight is 2250 g/mol. The van der Waals surface area contributed by atoms with Crippen LogP contribution in [-0.2, 0) is 72.6 Å². The molecule has 35 nitrogen and oxygen atoms in total. The second kappa shape index (κ2) is 47.8. The number of aromatic nitrogens is 4. The summed E-state index contributed by atoms with van der Waals surface area (Å²) in [5, 5.41) is 15.8. The molecule has 11 atom stereocenters. The SMILES string of the molecule is CCCCN.COC(=O)c1c(OCc2ccccc2)c(=O)c(I)c2n1C(C=O)CC2OC.COC1CC2C3N(C)CCN3C(=O)c3c(O)c(=O)c(C(=O)NCc4ccc(F)cc4F)c1n32.COC1CC2C3N(C)CCN3C(=O)c3c(OCc4ccccc4)c(=O)c(C(=O)NCc4ccc(F)cc4F)c1n32.COC1CC2C3N(C)CCN3C(=O)c3c(OCc4ccccc4)c(=O)c(I)c1n32.NCc1ccc(F)cc1F.[C-]#[O+]. The molecule has 0 saturated carbocycles. The molecule has 10 aromatic rings. The quantitative estimate of drug-likeness (QED) is 0.00936. The number of likely N-dealkylation sites (N-methyl/N-ethyl adjacent to an activating group) is 3. The van der Waals surface area contributed by atoms with Crippen LogP contribution in [0.3, 0.4) is 0 Å². The molecular formula is C103H108F6I2N14O21. The standard InChI is InChI=1S/C29H28F2N4O5.C22H22F2N4O5.C21H22IN3O4.C19H18INO6.C7H7F2N.C4H11N.CO/c1-33-10-11-34-28(33)20-13-21(39-2)23-22(27(37)32-14-17-8-9-18(30)12-19(17)31)25(36)26(24(29(34)38)35(20)23)40-15-16-6-4-3-5-7-16;1-26-5-6-27-21(26)13-8-14(33-2)16-15(18(29)19(30)17(22(27)32)28(13)16)20(31)25-9-10-3-4-11(23)7-12(10)24;1-23-8-9-24-20(23)13-10-14(28-2)16-15(22)18(26)19(17(21(24)27)25(13)16)29-11-12-6-4-3-5-7-12;1-25-13-8-12(9-22)21-15(13)14(20)17(23)18(16(21)19(24)26-2)27-10-11-6-4-3-5-7-11;8-6-2-1-5(4-10)7(9)3-6;1-2-3-4-5;1-2/h3-9,12,20-21,28H,10-11,13-15H2,1-2H3,(H,32,37);3-4,7,13-14,21,30H,5-6,8-9H2,1-2H3,(H,25,31);3-7,13-14,20H,8-11H2,1-2H3;3-7,9,12-13H,8,10H2,1-2H3;1-3H,4,10H2;2-5H2,1H3;. The molecule has 10 aliphatic rings. The maximum absolute atomic E-state index is 14.3. The van der Waals surface area contributed by atoms with Crippen molar-refractivity contribution in [2.45, 2.75) is 152 Å². The fraction of sp³-hybridized carbons (Fsp3) is 0.379. The van der Waals surface area contributed by atoms with Gasteiger partial charge in [0.25, 0.3) is 29.5 Å². The molecule has 0 radical (unpaired) electrons. The number of carbonyl (C=O) groups excluding carboxylic acids is 7. The van der Waals surface area contributed by atoms with Gasteiger partial charge in [-0.05, 0) is 114 Å². The molecule has 4 aromatic heterocycles. The molecule has 11 unspecified atom stereocenters. The van der Waals surface area contributed by atoms with E-state index in [2.05, 4.69) is 56.6 Å². The third-order valence-electron chi connectivity index (χ3n) is 27.2. The van der Waals surface area contributed by atoms with Crippen molar-refractivity contribution in [3.05, 3.63) is 325 Å². The topological polar surface area (TPSA) is 417 Å². The van der Waals surface area contributed by atoms with Crippen molar-refractivity contribution < 1.29 is 108 Å². The fourth-order valence-corrected chi connectivity index (χ4v) is 22.0. The molecule has 20 rings (SSSR count). The number of unbranched alkanes of at least 4 members (excludes halogenated alkanes) is 1. The van der Waals surface area contributed by atoms with E-state index < -0.39 is 105 Å². The molecule has 0 aliphatic carbocycles. The Hall–Kier alpha value is -12.8. The van der Waals surface area contributed by atoms with Gasteiger partial charge in [0, 0.05) is 148 Å². The first kappa shape index (κ1) is 109. The minimum atomic E-state index is -0.990. The molecule has 6 aromatic carbocycles. The van der Waals surface area contributed by atoms with E-state index in [1.165, 1.54) is 70.1 Å². The predicted octanol–water partition coefficient (Wildman–Crippen LogP) is 11.3. The van der Waals surface area contributed by atoms with Crippen molar-refractivity contribution >= 4 is 87.0 Å². The number of hydrogen-bond acceptors (Lipinski definition) is 25. The van der Waals surface area contributed by atoms with Gasteiger partial charge in [0.2, 0.25) is 21.7 Å². The second-order valence-electron chi connectivity index (χ2n) is 35.6. The number of carbonyl (C=O) groups is 7. The summed E-state index contributed by atoms with van der Waals surface area (Å²) in [6.07, 6.45) is 2.48. The van der Waals surface area contributed by atoms with Gasteiger partial charge in [-0.15, -0.1) is 0 Å². The Morgan fingerprint density at radius 1 is 0.459 bits per heavy atom. The molecule has 7 N–H and O–H groups in total.